The van der Waals surface area contributed by atoms with Gasteiger partial charge in [0.15, 0.2) is 0 Å². The zero-order valence-electron chi connectivity index (χ0n) is 15.6. The van der Waals surface area contributed by atoms with Crippen molar-refractivity contribution < 1.29 is 9.90 Å². The van der Waals surface area contributed by atoms with Crippen LogP contribution in [0.5, 0.6) is 0 Å². The molecular formula is C24H17ClN2O2. The molecule has 0 heterocycles. The highest BCUT2D eigenvalue weighted by Crippen LogP contribution is 2.25. The van der Waals surface area contributed by atoms with Crippen LogP contribution >= 0.6 is 11.6 Å². The number of benzene rings is 3. The van der Waals surface area contributed by atoms with Crippen LogP contribution in [0.15, 0.2) is 72.8 Å². The fraction of sp³-hybridized carbons (Fsp3) is 0.0833. The fourth-order valence-corrected chi connectivity index (χ4v) is 2.94. The van der Waals surface area contributed by atoms with Gasteiger partial charge in [-0.3, -0.25) is 4.79 Å². The topological polar surface area (TPSA) is 73.1 Å². The van der Waals surface area contributed by atoms with E-state index in [0.717, 1.165) is 11.1 Å². The standard InChI is InChI=1S/C24H17ClN2O2/c1-17-7-5-6-8-18(17)13-14-24(29,20-9-3-2-4-10-20)23(28)27-21-12-11-19(16-26)22(25)15-21/h2-12,15,29H,1H3,(H,27,28). The Hall–Kier alpha value is -3.57. The summed E-state index contributed by atoms with van der Waals surface area (Å²) in [7, 11) is 0. The summed E-state index contributed by atoms with van der Waals surface area (Å²) in [5.74, 6) is 4.94. The van der Waals surface area contributed by atoms with Gasteiger partial charge >= 0.3 is 0 Å². The second-order valence-electron chi connectivity index (χ2n) is 6.40. The first kappa shape index (κ1) is 20.2. The van der Waals surface area contributed by atoms with Crippen molar-refractivity contribution in [2.75, 3.05) is 5.32 Å². The summed E-state index contributed by atoms with van der Waals surface area (Å²) in [6, 6.07) is 22.4. The molecule has 0 radical (unpaired) electrons. The van der Waals surface area contributed by atoms with Gasteiger partial charge in [-0.2, -0.15) is 5.26 Å². The predicted octanol–water partition coefficient (Wildman–Crippen LogP) is 4.40. The summed E-state index contributed by atoms with van der Waals surface area (Å²) >= 11 is 6.04. The predicted molar refractivity (Wildman–Crippen MR) is 113 cm³/mol. The van der Waals surface area contributed by atoms with Crippen LogP contribution in [0, 0.1) is 30.1 Å². The molecule has 0 bridgehead atoms. The van der Waals surface area contributed by atoms with Gasteiger partial charge in [0.1, 0.15) is 6.07 Å². The van der Waals surface area contributed by atoms with E-state index >= 15 is 0 Å². The van der Waals surface area contributed by atoms with Crippen molar-refractivity contribution in [1.29, 1.82) is 5.26 Å². The van der Waals surface area contributed by atoms with E-state index in [-0.39, 0.29) is 5.02 Å². The van der Waals surface area contributed by atoms with Crippen LogP contribution in [0.4, 0.5) is 5.69 Å². The molecule has 1 atom stereocenters. The average Bonchev–Trinajstić information content (AvgIpc) is 2.73. The monoisotopic (exact) mass is 400 g/mol. The normalized spacial score (nSPS) is 12.1. The average molecular weight is 401 g/mol. The van der Waals surface area contributed by atoms with Gasteiger partial charge in [0.05, 0.1) is 10.6 Å². The zero-order chi connectivity index (χ0) is 20.9. The van der Waals surface area contributed by atoms with Crippen molar-refractivity contribution in [2.24, 2.45) is 0 Å². The second-order valence-corrected chi connectivity index (χ2v) is 6.81. The van der Waals surface area contributed by atoms with Crippen molar-refractivity contribution in [1.82, 2.24) is 0 Å². The van der Waals surface area contributed by atoms with Crippen molar-refractivity contribution in [3.8, 4) is 17.9 Å². The number of amides is 1. The Kier molecular flexibility index (Phi) is 6.00. The molecule has 1 unspecified atom stereocenters. The molecule has 3 aromatic rings. The number of nitrogens with one attached hydrogen (secondary N) is 1. The lowest BCUT2D eigenvalue weighted by atomic mass is 9.92. The van der Waals surface area contributed by atoms with Gasteiger partial charge < -0.3 is 10.4 Å². The molecule has 5 heteroatoms. The number of carbonyl (C=O) groups excluding carboxylic acids is 1. The van der Waals surface area contributed by atoms with Crippen molar-refractivity contribution in [2.45, 2.75) is 12.5 Å². The lowest BCUT2D eigenvalue weighted by Gasteiger charge is -2.22. The van der Waals surface area contributed by atoms with E-state index < -0.39 is 11.5 Å². The Labute approximate surface area is 174 Å². The summed E-state index contributed by atoms with van der Waals surface area (Å²) in [6.07, 6.45) is 0. The molecule has 0 aliphatic carbocycles. The third kappa shape index (κ3) is 4.47. The third-order valence-electron chi connectivity index (χ3n) is 4.39. The van der Waals surface area contributed by atoms with Gasteiger partial charge in [-0.1, -0.05) is 66.1 Å². The maximum atomic E-state index is 13.0. The number of aryl methyl sites for hydroxylation is 1. The summed E-state index contributed by atoms with van der Waals surface area (Å²) in [6.45, 7) is 1.91. The second kappa shape index (κ2) is 8.63. The smallest absolute Gasteiger partial charge is 0.273 e. The van der Waals surface area contributed by atoms with Gasteiger partial charge in [-0.15, -0.1) is 0 Å². The molecule has 29 heavy (non-hydrogen) atoms. The minimum atomic E-state index is -2.08. The molecule has 0 aromatic heterocycles. The molecular weight excluding hydrogens is 384 g/mol. The minimum absolute atomic E-state index is 0.208. The first-order valence-electron chi connectivity index (χ1n) is 8.82. The number of rotatable bonds is 3. The number of nitriles is 1. The Morgan fingerprint density at radius 3 is 2.38 bits per heavy atom. The number of aliphatic hydroxyl groups is 1. The first-order chi connectivity index (χ1) is 13.9. The molecule has 1 amide bonds. The fourth-order valence-electron chi connectivity index (χ4n) is 2.72. The number of anilines is 1. The zero-order valence-corrected chi connectivity index (χ0v) is 16.4. The lowest BCUT2D eigenvalue weighted by molar-refractivity contribution is -0.129. The van der Waals surface area contributed by atoms with Crippen LogP contribution < -0.4 is 5.32 Å². The highest BCUT2D eigenvalue weighted by Gasteiger charge is 2.36. The van der Waals surface area contributed by atoms with E-state index in [1.807, 2.05) is 37.3 Å². The van der Waals surface area contributed by atoms with Gasteiger partial charge in [0.2, 0.25) is 5.60 Å². The number of hydrogen-bond acceptors (Lipinski definition) is 3. The molecule has 4 nitrogen and oxygen atoms in total. The molecule has 0 saturated carbocycles. The van der Waals surface area contributed by atoms with Crippen LogP contribution in [0.2, 0.25) is 5.02 Å². The maximum Gasteiger partial charge on any atom is 0.273 e. The third-order valence-corrected chi connectivity index (χ3v) is 4.70. The minimum Gasteiger partial charge on any atom is -0.366 e. The molecule has 0 saturated heterocycles. The first-order valence-corrected chi connectivity index (χ1v) is 9.19. The Morgan fingerprint density at radius 2 is 1.72 bits per heavy atom. The Balaban J connectivity index is 2.00. The SMILES string of the molecule is Cc1ccccc1C#CC(O)(C(=O)Nc1ccc(C#N)c(Cl)c1)c1ccccc1. The summed E-state index contributed by atoms with van der Waals surface area (Å²) in [4.78, 5) is 13.0. The molecule has 0 aliphatic heterocycles. The van der Waals surface area contributed by atoms with E-state index in [1.54, 1.807) is 36.4 Å². The van der Waals surface area contributed by atoms with Gasteiger partial charge in [-0.05, 0) is 42.7 Å². The van der Waals surface area contributed by atoms with Crippen LogP contribution in [0.25, 0.3) is 0 Å². The molecule has 3 aromatic carbocycles. The molecule has 3 rings (SSSR count). The molecule has 0 fully saturated rings. The molecule has 0 spiro atoms. The van der Waals surface area contributed by atoms with Crippen LogP contribution in [-0.2, 0) is 10.4 Å². The molecule has 0 aliphatic rings. The van der Waals surface area contributed by atoms with Gasteiger partial charge in [0, 0.05) is 16.8 Å². The van der Waals surface area contributed by atoms with E-state index in [4.69, 9.17) is 16.9 Å². The summed E-state index contributed by atoms with van der Waals surface area (Å²) < 4.78 is 0. The number of hydrogen-bond donors (Lipinski definition) is 2. The van der Waals surface area contributed by atoms with Crippen LogP contribution in [0.1, 0.15) is 22.3 Å². The molecule has 2 N–H and O–H groups in total. The summed E-state index contributed by atoms with van der Waals surface area (Å²) in [5, 5.41) is 23.1. The van der Waals surface area contributed by atoms with E-state index in [1.165, 1.54) is 12.1 Å². The van der Waals surface area contributed by atoms with Gasteiger partial charge in [-0.25, -0.2) is 0 Å². The number of halogens is 1. The van der Waals surface area contributed by atoms with E-state index in [2.05, 4.69) is 17.2 Å². The van der Waals surface area contributed by atoms with E-state index in [9.17, 15) is 9.90 Å². The van der Waals surface area contributed by atoms with Crippen LogP contribution in [-0.4, -0.2) is 11.0 Å². The lowest BCUT2D eigenvalue weighted by Crippen LogP contribution is -2.39. The Morgan fingerprint density at radius 1 is 1.03 bits per heavy atom. The van der Waals surface area contributed by atoms with Gasteiger partial charge in [0.25, 0.3) is 5.91 Å². The highest BCUT2D eigenvalue weighted by atomic mass is 35.5. The quantitative estimate of drug-likeness (QED) is 0.640. The summed E-state index contributed by atoms with van der Waals surface area (Å²) in [5.41, 5.74) is 0.571. The number of carbonyl (C=O) groups is 1. The van der Waals surface area contributed by atoms with Crippen molar-refractivity contribution in [3.05, 3.63) is 100 Å². The Bertz CT molecular complexity index is 1160. The molecule has 142 valence electrons. The van der Waals surface area contributed by atoms with Crippen LogP contribution in [0.3, 0.4) is 0 Å². The number of nitrogens with zero attached hydrogens (tertiary/aromatic N) is 1. The van der Waals surface area contributed by atoms with Crippen molar-refractivity contribution in [3.63, 3.8) is 0 Å². The largest absolute Gasteiger partial charge is 0.366 e. The van der Waals surface area contributed by atoms with E-state index in [0.29, 0.717) is 16.8 Å². The highest BCUT2D eigenvalue weighted by molar-refractivity contribution is 6.32. The maximum absolute atomic E-state index is 13.0. The van der Waals surface area contributed by atoms with Crippen molar-refractivity contribution >= 4 is 23.2 Å².